The lowest BCUT2D eigenvalue weighted by Gasteiger charge is -2.31. The normalized spacial score (nSPS) is 17.5. The number of pyridine rings is 1. The molecule has 0 radical (unpaired) electrons. The van der Waals surface area contributed by atoms with Crippen molar-refractivity contribution < 1.29 is 23.7 Å². The van der Waals surface area contributed by atoms with Crippen molar-refractivity contribution in [3.05, 3.63) is 41.6 Å². The van der Waals surface area contributed by atoms with Gasteiger partial charge in [0.15, 0.2) is 11.5 Å². The highest BCUT2D eigenvalue weighted by molar-refractivity contribution is 5.96. The highest BCUT2D eigenvalue weighted by atomic mass is 16.5. The molecule has 0 saturated heterocycles. The number of benzene rings is 1. The Hall–Kier alpha value is -2.96. The van der Waals surface area contributed by atoms with E-state index in [1.165, 1.54) is 0 Å². The molecular formula is C26H34N2O5. The number of hydrogen-bond acceptors (Lipinski definition) is 6. The van der Waals surface area contributed by atoms with Crippen LogP contribution in [0.3, 0.4) is 0 Å². The third-order valence-corrected chi connectivity index (χ3v) is 7.02. The van der Waals surface area contributed by atoms with Crippen LogP contribution in [-0.2, 0) is 5.41 Å². The van der Waals surface area contributed by atoms with Gasteiger partial charge in [0.05, 0.1) is 21.3 Å². The summed E-state index contributed by atoms with van der Waals surface area (Å²) >= 11 is 0. The van der Waals surface area contributed by atoms with Crippen LogP contribution < -0.4 is 24.3 Å². The summed E-state index contributed by atoms with van der Waals surface area (Å²) in [6.45, 7) is 0.516. The molecule has 1 aromatic heterocycles. The van der Waals surface area contributed by atoms with Crippen molar-refractivity contribution in [3.8, 4) is 23.1 Å². The highest BCUT2D eigenvalue weighted by Crippen LogP contribution is 2.47. The second kappa shape index (κ2) is 10.3. The van der Waals surface area contributed by atoms with Crippen LogP contribution in [-0.4, -0.2) is 44.9 Å². The van der Waals surface area contributed by atoms with Crippen molar-refractivity contribution in [2.75, 3.05) is 27.9 Å². The summed E-state index contributed by atoms with van der Waals surface area (Å²) < 4.78 is 22.7. The standard InChI is InChI=1S/C26H34N2O5/c1-30-21-15-18(16-22(31-2)23(21)32-3)26(12-6-7-13-26)17-28-24(29)20-11-8-14-27-25(20)33-19-9-4-5-10-19/h8,11,14-16,19H,4-7,9-10,12-13,17H2,1-3H3,(H,28,29). The largest absolute Gasteiger partial charge is 0.493 e. The summed E-state index contributed by atoms with van der Waals surface area (Å²) in [6.07, 6.45) is 10.3. The first-order chi connectivity index (χ1) is 16.1. The number of rotatable bonds is 9. The monoisotopic (exact) mass is 454 g/mol. The second-order valence-corrected chi connectivity index (χ2v) is 8.96. The van der Waals surface area contributed by atoms with Gasteiger partial charge in [0.25, 0.3) is 5.91 Å². The summed E-state index contributed by atoms with van der Waals surface area (Å²) in [5.41, 5.74) is 1.38. The first-order valence-electron chi connectivity index (χ1n) is 11.8. The molecule has 7 heteroatoms. The number of carbonyl (C=O) groups is 1. The minimum Gasteiger partial charge on any atom is -0.493 e. The summed E-state index contributed by atoms with van der Waals surface area (Å²) in [5.74, 6) is 2.10. The summed E-state index contributed by atoms with van der Waals surface area (Å²) in [5, 5.41) is 3.18. The summed E-state index contributed by atoms with van der Waals surface area (Å²) in [6, 6.07) is 7.59. The van der Waals surface area contributed by atoms with Crippen LogP contribution in [0.1, 0.15) is 67.3 Å². The molecule has 178 valence electrons. The molecule has 7 nitrogen and oxygen atoms in total. The van der Waals surface area contributed by atoms with Crippen molar-refractivity contribution in [2.24, 2.45) is 0 Å². The Bertz CT molecular complexity index is 940. The van der Waals surface area contributed by atoms with Crippen LogP contribution in [0.5, 0.6) is 23.1 Å². The molecule has 2 aliphatic rings. The smallest absolute Gasteiger partial charge is 0.256 e. The number of aromatic nitrogens is 1. The molecule has 1 amide bonds. The third kappa shape index (κ3) is 4.87. The van der Waals surface area contributed by atoms with Crippen LogP contribution in [0.4, 0.5) is 0 Å². The van der Waals surface area contributed by atoms with Gasteiger partial charge in [0, 0.05) is 18.2 Å². The van der Waals surface area contributed by atoms with Gasteiger partial charge < -0.3 is 24.3 Å². The van der Waals surface area contributed by atoms with E-state index in [0.29, 0.717) is 35.2 Å². The van der Waals surface area contributed by atoms with E-state index in [2.05, 4.69) is 10.3 Å². The number of carbonyl (C=O) groups excluding carboxylic acids is 1. The van der Waals surface area contributed by atoms with E-state index in [4.69, 9.17) is 18.9 Å². The van der Waals surface area contributed by atoms with Gasteiger partial charge in [0.2, 0.25) is 11.6 Å². The Morgan fingerprint density at radius 2 is 1.70 bits per heavy atom. The van der Waals surface area contributed by atoms with Crippen LogP contribution in [0.15, 0.2) is 30.5 Å². The van der Waals surface area contributed by atoms with E-state index < -0.39 is 0 Å². The van der Waals surface area contributed by atoms with Crippen LogP contribution >= 0.6 is 0 Å². The summed E-state index contributed by atoms with van der Waals surface area (Å²) in [7, 11) is 4.85. The zero-order chi connectivity index (χ0) is 23.3. The summed E-state index contributed by atoms with van der Waals surface area (Å²) in [4.78, 5) is 17.6. The Morgan fingerprint density at radius 1 is 1.03 bits per heavy atom. The van der Waals surface area contributed by atoms with Crippen molar-refractivity contribution in [3.63, 3.8) is 0 Å². The maximum absolute atomic E-state index is 13.2. The van der Waals surface area contributed by atoms with E-state index in [0.717, 1.165) is 56.9 Å². The zero-order valence-electron chi connectivity index (χ0n) is 19.8. The minimum atomic E-state index is -0.197. The number of methoxy groups -OCH3 is 3. The fourth-order valence-electron chi connectivity index (χ4n) is 5.17. The molecule has 0 atom stereocenters. The third-order valence-electron chi connectivity index (χ3n) is 7.02. The minimum absolute atomic E-state index is 0.145. The molecule has 33 heavy (non-hydrogen) atoms. The number of nitrogens with zero attached hydrogens (tertiary/aromatic N) is 1. The van der Waals surface area contributed by atoms with Crippen molar-refractivity contribution in [2.45, 2.75) is 62.9 Å². The van der Waals surface area contributed by atoms with E-state index in [1.807, 2.05) is 12.1 Å². The number of hydrogen-bond donors (Lipinski definition) is 1. The van der Waals surface area contributed by atoms with Gasteiger partial charge >= 0.3 is 0 Å². The molecule has 0 unspecified atom stereocenters. The average Bonchev–Trinajstić information content (AvgIpc) is 3.55. The molecule has 1 heterocycles. The molecule has 0 bridgehead atoms. The number of nitrogens with one attached hydrogen (secondary N) is 1. The molecule has 1 N–H and O–H groups in total. The Kier molecular flexibility index (Phi) is 7.26. The SMILES string of the molecule is COc1cc(C2(CNC(=O)c3cccnc3OC3CCCC3)CCCC2)cc(OC)c1OC. The molecule has 2 fully saturated rings. The molecule has 0 aliphatic heterocycles. The Balaban J connectivity index is 1.56. The van der Waals surface area contributed by atoms with E-state index >= 15 is 0 Å². The van der Waals surface area contributed by atoms with Crippen molar-refractivity contribution in [1.29, 1.82) is 0 Å². The Morgan fingerprint density at radius 3 is 2.30 bits per heavy atom. The Labute approximate surface area is 195 Å². The fraction of sp³-hybridized carbons (Fsp3) is 0.538. The topological polar surface area (TPSA) is 78.9 Å². The average molecular weight is 455 g/mol. The molecule has 4 rings (SSSR count). The van der Waals surface area contributed by atoms with Gasteiger partial charge in [-0.05, 0) is 68.4 Å². The zero-order valence-corrected chi connectivity index (χ0v) is 19.8. The second-order valence-electron chi connectivity index (χ2n) is 8.96. The fourth-order valence-corrected chi connectivity index (χ4v) is 5.17. The van der Waals surface area contributed by atoms with Gasteiger partial charge in [-0.15, -0.1) is 0 Å². The molecule has 2 aliphatic carbocycles. The van der Waals surface area contributed by atoms with Gasteiger partial charge in [-0.1, -0.05) is 12.8 Å². The van der Waals surface area contributed by atoms with E-state index in [1.54, 1.807) is 39.7 Å². The first-order valence-corrected chi connectivity index (χ1v) is 11.8. The van der Waals surface area contributed by atoms with Gasteiger partial charge in [-0.2, -0.15) is 0 Å². The highest BCUT2D eigenvalue weighted by Gasteiger charge is 2.38. The molecule has 1 aromatic carbocycles. The number of amides is 1. The maximum atomic E-state index is 13.2. The maximum Gasteiger partial charge on any atom is 0.256 e. The van der Waals surface area contributed by atoms with Gasteiger partial charge in [-0.25, -0.2) is 4.98 Å². The molecular weight excluding hydrogens is 420 g/mol. The lowest BCUT2D eigenvalue weighted by Crippen LogP contribution is -2.39. The predicted octanol–water partition coefficient (Wildman–Crippen LogP) is 4.67. The van der Waals surface area contributed by atoms with Crippen LogP contribution in [0, 0.1) is 0 Å². The van der Waals surface area contributed by atoms with Crippen LogP contribution in [0.2, 0.25) is 0 Å². The number of ether oxygens (including phenoxy) is 4. The van der Waals surface area contributed by atoms with Gasteiger partial charge in [-0.3, -0.25) is 4.79 Å². The van der Waals surface area contributed by atoms with Crippen molar-refractivity contribution in [1.82, 2.24) is 10.3 Å². The molecule has 2 saturated carbocycles. The predicted molar refractivity (Wildman–Crippen MR) is 126 cm³/mol. The lowest BCUT2D eigenvalue weighted by atomic mass is 9.78. The quantitative estimate of drug-likeness (QED) is 0.593. The molecule has 2 aromatic rings. The van der Waals surface area contributed by atoms with Crippen LogP contribution in [0.25, 0.3) is 0 Å². The van der Waals surface area contributed by atoms with E-state index in [9.17, 15) is 4.79 Å². The van der Waals surface area contributed by atoms with E-state index in [-0.39, 0.29) is 17.4 Å². The van der Waals surface area contributed by atoms with Crippen molar-refractivity contribution >= 4 is 5.91 Å². The van der Waals surface area contributed by atoms with Gasteiger partial charge in [0.1, 0.15) is 11.7 Å². The molecule has 0 spiro atoms. The first kappa shape index (κ1) is 23.2. The lowest BCUT2D eigenvalue weighted by molar-refractivity contribution is 0.0934.